The lowest BCUT2D eigenvalue weighted by Crippen LogP contribution is -2.42. The van der Waals surface area contributed by atoms with Crippen molar-refractivity contribution in [3.05, 3.63) is 29.3 Å². The molecule has 0 atom stereocenters. The molecule has 8 nitrogen and oxygen atoms in total. The fraction of sp³-hybridized carbons (Fsp3) is 0.500. The molecule has 0 aromatic heterocycles. The summed E-state index contributed by atoms with van der Waals surface area (Å²) in [5, 5.41) is 2.78. The summed E-state index contributed by atoms with van der Waals surface area (Å²) in [6, 6.07) is 4.21. The normalized spacial score (nSPS) is 17.1. The number of nitrogens with zero attached hydrogens (tertiary/aromatic N) is 2. The monoisotopic (exact) mass is 387 g/mol. The summed E-state index contributed by atoms with van der Waals surface area (Å²) in [7, 11) is 0. The Morgan fingerprint density at radius 2 is 1.79 bits per heavy atom. The van der Waals surface area contributed by atoms with E-state index in [1.807, 2.05) is 0 Å². The molecular weight excluding hydrogens is 362 g/mol. The number of urea groups is 1. The topological polar surface area (TPSA) is 96.0 Å². The first-order valence-electron chi connectivity index (χ1n) is 9.58. The van der Waals surface area contributed by atoms with Crippen LogP contribution < -0.4 is 5.32 Å². The quantitative estimate of drug-likeness (QED) is 0.633. The summed E-state index contributed by atoms with van der Waals surface area (Å²) in [5.41, 5.74) is 1.12. The number of piperidine rings is 1. The van der Waals surface area contributed by atoms with Crippen molar-refractivity contribution in [2.75, 3.05) is 25.0 Å². The Labute approximate surface area is 163 Å². The van der Waals surface area contributed by atoms with Crippen molar-refractivity contribution in [1.29, 1.82) is 0 Å². The highest BCUT2D eigenvalue weighted by Gasteiger charge is 2.37. The van der Waals surface area contributed by atoms with Gasteiger partial charge in [-0.3, -0.25) is 19.3 Å². The third kappa shape index (κ3) is 3.72. The predicted octanol–water partition coefficient (Wildman–Crippen LogP) is 2.50. The van der Waals surface area contributed by atoms with Crippen LogP contribution in [0.15, 0.2) is 18.2 Å². The maximum absolute atomic E-state index is 12.5. The van der Waals surface area contributed by atoms with Gasteiger partial charge in [0.15, 0.2) is 0 Å². The van der Waals surface area contributed by atoms with Crippen molar-refractivity contribution >= 4 is 29.5 Å². The van der Waals surface area contributed by atoms with Crippen LogP contribution in [0.5, 0.6) is 0 Å². The molecule has 3 rings (SSSR count). The van der Waals surface area contributed by atoms with Crippen LogP contribution in [-0.4, -0.2) is 59.4 Å². The van der Waals surface area contributed by atoms with Gasteiger partial charge >= 0.3 is 12.0 Å². The van der Waals surface area contributed by atoms with Gasteiger partial charge in [0.1, 0.15) is 0 Å². The zero-order valence-corrected chi connectivity index (χ0v) is 16.4. The van der Waals surface area contributed by atoms with Gasteiger partial charge in [-0.15, -0.1) is 0 Å². The summed E-state index contributed by atoms with van der Waals surface area (Å²) in [6.45, 7) is 6.61. The predicted molar refractivity (Wildman–Crippen MR) is 102 cm³/mol. The number of likely N-dealkylation sites (tertiary alicyclic amines) is 1. The maximum atomic E-state index is 12.5. The number of fused-ring (bicyclic) bond motifs is 1. The molecule has 150 valence electrons. The van der Waals surface area contributed by atoms with E-state index in [4.69, 9.17) is 4.74 Å². The number of esters is 1. The molecule has 0 bridgehead atoms. The molecule has 1 fully saturated rings. The van der Waals surface area contributed by atoms with Gasteiger partial charge in [0.2, 0.25) is 0 Å². The van der Waals surface area contributed by atoms with Crippen LogP contribution in [0.3, 0.4) is 0 Å². The van der Waals surface area contributed by atoms with Crippen molar-refractivity contribution < 1.29 is 23.9 Å². The summed E-state index contributed by atoms with van der Waals surface area (Å²) < 4.78 is 5.04. The largest absolute Gasteiger partial charge is 0.466 e. The van der Waals surface area contributed by atoms with Gasteiger partial charge in [-0.05, 0) is 51.8 Å². The molecule has 1 N–H and O–H groups in total. The average Bonchev–Trinajstić information content (AvgIpc) is 2.92. The molecule has 0 saturated carbocycles. The van der Waals surface area contributed by atoms with E-state index in [1.54, 1.807) is 43.9 Å². The third-order valence-corrected chi connectivity index (χ3v) is 5.09. The van der Waals surface area contributed by atoms with Crippen LogP contribution in [0.4, 0.5) is 10.5 Å². The van der Waals surface area contributed by atoms with Crippen molar-refractivity contribution in [2.45, 2.75) is 39.7 Å². The molecule has 1 saturated heterocycles. The van der Waals surface area contributed by atoms with Crippen molar-refractivity contribution in [3.63, 3.8) is 0 Å². The SMILES string of the molecule is CCOC(=O)C1CCN(C(=O)Nc2ccc3c(c2)C(=O)N(C(C)C)C3=O)CC1. The molecule has 2 aliphatic heterocycles. The van der Waals surface area contributed by atoms with Gasteiger partial charge in [0.05, 0.1) is 23.7 Å². The van der Waals surface area contributed by atoms with E-state index in [0.29, 0.717) is 49.4 Å². The molecular formula is C20H25N3O5. The van der Waals surface area contributed by atoms with Gasteiger partial charge in [-0.1, -0.05) is 0 Å². The number of hydrogen-bond donors (Lipinski definition) is 1. The van der Waals surface area contributed by atoms with Crippen LogP contribution in [0, 0.1) is 5.92 Å². The molecule has 4 amide bonds. The maximum Gasteiger partial charge on any atom is 0.321 e. The number of carbonyl (C=O) groups excluding carboxylic acids is 4. The number of rotatable bonds is 4. The minimum atomic E-state index is -0.346. The van der Waals surface area contributed by atoms with E-state index in [0.717, 1.165) is 0 Å². The Bertz CT molecular complexity index is 812. The van der Waals surface area contributed by atoms with Crippen LogP contribution in [0.25, 0.3) is 0 Å². The van der Waals surface area contributed by atoms with Crippen molar-refractivity contribution in [2.24, 2.45) is 5.92 Å². The minimum absolute atomic E-state index is 0.172. The second-order valence-corrected chi connectivity index (χ2v) is 7.28. The highest BCUT2D eigenvalue weighted by atomic mass is 16.5. The molecule has 1 aromatic carbocycles. The van der Waals surface area contributed by atoms with Crippen molar-refractivity contribution in [3.8, 4) is 0 Å². The van der Waals surface area contributed by atoms with Gasteiger partial charge < -0.3 is 15.0 Å². The van der Waals surface area contributed by atoms with Crippen LogP contribution in [-0.2, 0) is 9.53 Å². The lowest BCUT2D eigenvalue weighted by molar-refractivity contribution is -0.149. The lowest BCUT2D eigenvalue weighted by Gasteiger charge is -2.30. The Kier molecular flexibility index (Phi) is 5.67. The molecule has 28 heavy (non-hydrogen) atoms. The number of amides is 4. The molecule has 2 heterocycles. The Hall–Kier alpha value is -2.90. The number of ether oxygens (including phenoxy) is 1. The van der Waals surface area contributed by atoms with E-state index >= 15 is 0 Å². The first-order valence-corrected chi connectivity index (χ1v) is 9.58. The highest BCUT2D eigenvalue weighted by Crippen LogP contribution is 2.28. The average molecular weight is 387 g/mol. The molecule has 1 aromatic rings. The van der Waals surface area contributed by atoms with Gasteiger partial charge in [0.25, 0.3) is 11.8 Å². The van der Waals surface area contributed by atoms with E-state index in [2.05, 4.69) is 5.32 Å². The first-order chi connectivity index (χ1) is 13.3. The lowest BCUT2D eigenvalue weighted by atomic mass is 9.97. The van der Waals surface area contributed by atoms with E-state index in [-0.39, 0.29) is 35.8 Å². The summed E-state index contributed by atoms with van der Waals surface area (Å²) in [4.78, 5) is 52.0. The molecule has 0 aliphatic carbocycles. The van der Waals surface area contributed by atoms with Crippen LogP contribution in [0.2, 0.25) is 0 Å². The molecule has 0 radical (unpaired) electrons. The fourth-order valence-electron chi connectivity index (χ4n) is 3.59. The summed E-state index contributed by atoms with van der Waals surface area (Å²) >= 11 is 0. The van der Waals surface area contributed by atoms with Crippen LogP contribution >= 0.6 is 0 Å². The highest BCUT2D eigenvalue weighted by molar-refractivity contribution is 6.22. The molecule has 0 spiro atoms. The van der Waals surface area contributed by atoms with Crippen LogP contribution in [0.1, 0.15) is 54.3 Å². The number of carbonyl (C=O) groups is 4. The summed E-state index contributed by atoms with van der Waals surface area (Å²) in [6.07, 6.45) is 1.12. The van der Waals surface area contributed by atoms with Gasteiger partial charge in [0, 0.05) is 24.8 Å². The van der Waals surface area contributed by atoms with Crippen molar-refractivity contribution in [1.82, 2.24) is 9.80 Å². The summed E-state index contributed by atoms with van der Waals surface area (Å²) in [5.74, 6) is -1.04. The second kappa shape index (κ2) is 8.00. The number of anilines is 1. The number of nitrogens with one attached hydrogen (secondary N) is 1. The fourth-order valence-corrected chi connectivity index (χ4v) is 3.59. The number of benzene rings is 1. The van der Waals surface area contributed by atoms with E-state index < -0.39 is 0 Å². The smallest absolute Gasteiger partial charge is 0.321 e. The Morgan fingerprint density at radius 3 is 2.39 bits per heavy atom. The van der Waals surface area contributed by atoms with Gasteiger partial charge in [-0.2, -0.15) is 0 Å². The zero-order chi connectivity index (χ0) is 20.4. The molecule has 0 unspecified atom stereocenters. The minimum Gasteiger partial charge on any atom is -0.466 e. The third-order valence-electron chi connectivity index (χ3n) is 5.09. The second-order valence-electron chi connectivity index (χ2n) is 7.28. The van der Waals surface area contributed by atoms with Gasteiger partial charge in [-0.25, -0.2) is 4.79 Å². The number of imide groups is 1. The first kappa shape index (κ1) is 19.9. The molecule has 2 aliphatic rings. The Balaban J connectivity index is 1.63. The van der Waals surface area contributed by atoms with E-state index in [9.17, 15) is 19.2 Å². The Morgan fingerprint density at radius 1 is 1.14 bits per heavy atom. The zero-order valence-electron chi connectivity index (χ0n) is 16.4. The number of hydrogen-bond acceptors (Lipinski definition) is 5. The molecule has 8 heteroatoms. The standard InChI is InChI=1S/C20H25N3O5/c1-4-28-19(26)13-7-9-22(10-8-13)20(27)21-14-5-6-15-16(11-14)18(25)23(12(2)3)17(15)24/h5-6,11-13H,4,7-10H2,1-3H3,(H,21,27). The van der Waals surface area contributed by atoms with E-state index in [1.165, 1.54) is 4.90 Å².